The van der Waals surface area contributed by atoms with E-state index in [1.165, 1.54) is 13.2 Å². The van der Waals surface area contributed by atoms with Gasteiger partial charge in [0.2, 0.25) is 0 Å². The maximum atomic E-state index is 13.8. The van der Waals surface area contributed by atoms with Crippen LogP contribution in [0.2, 0.25) is 0 Å². The predicted octanol–water partition coefficient (Wildman–Crippen LogP) is 4.53. The van der Waals surface area contributed by atoms with Crippen molar-refractivity contribution in [3.8, 4) is 5.75 Å². The van der Waals surface area contributed by atoms with Crippen molar-refractivity contribution in [2.45, 2.75) is 39.1 Å². The van der Waals surface area contributed by atoms with E-state index in [1.54, 1.807) is 6.07 Å². The lowest BCUT2D eigenvalue weighted by Gasteiger charge is -2.15. The smallest absolute Gasteiger partial charge is 0.167 e. The number of rotatable bonds is 5. The summed E-state index contributed by atoms with van der Waals surface area (Å²) < 4.78 is 20.9. The molecule has 2 unspecified atom stereocenters. The van der Waals surface area contributed by atoms with Crippen LogP contribution < -0.4 is 4.74 Å². The third kappa shape index (κ3) is 2.75. The highest BCUT2D eigenvalue weighted by Crippen LogP contribution is 2.30. The Morgan fingerprint density at radius 2 is 2.10 bits per heavy atom. The summed E-state index contributed by atoms with van der Waals surface area (Å²) in [6, 6.07) is 3.10. The van der Waals surface area contributed by atoms with Crippen molar-refractivity contribution in [3.63, 3.8) is 0 Å². The normalized spacial score (nSPS) is 14.5. The Bertz CT molecular complexity index is 609. The highest BCUT2D eigenvalue weighted by molar-refractivity contribution is 6.20. The molecule has 0 aliphatic carbocycles. The fourth-order valence-electron chi connectivity index (χ4n) is 2.24. The lowest BCUT2D eigenvalue weighted by Crippen LogP contribution is -2.10. The second kappa shape index (κ2) is 6.00. The molecule has 2 aromatic rings. The molecule has 20 heavy (non-hydrogen) atoms. The molecule has 0 radical (unpaired) electrons. The Balaban J connectivity index is 2.63. The lowest BCUT2D eigenvalue weighted by atomic mass is 10.1. The van der Waals surface area contributed by atoms with Crippen LogP contribution in [0.15, 0.2) is 12.1 Å². The minimum Gasteiger partial charge on any atom is -0.494 e. The highest BCUT2D eigenvalue weighted by atomic mass is 35.5. The van der Waals surface area contributed by atoms with Gasteiger partial charge < -0.3 is 9.30 Å². The van der Waals surface area contributed by atoms with Crippen LogP contribution in [0.3, 0.4) is 0 Å². The molecule has 3 nitrogen and oxygen atoms in total. The Morgan fingerprint density at radius 3 is 2.65 bits per heavy atom. The van der Waals surface area contributed by atoms with Crippen molar-refractivity contribution in [1.82, 2.24) is 9.55 Å². The fourth-order valence-corrected chi connectivity index (χ4v) is 2.40. The quantitative estimate of drug-likeness (QED) is 0.758. The molecule has 2 atom stereocenters. The first-order valence-electron chi connectivity index (χ1n) is 6.85. The molecule has 2 rings (SSSR count). The van der Waals surface area contributed by atoms with Crippen LogP contribution in [0.1, 0.15) is 38.4 Å². The van der Waals surface area contributed by atoms with Crippen LogP contribution in [0, 0.1) is 11.7 Å². The summed E-state index contributed by atoms with van der Waals surface area (Å²) >= 11 is 6.21. The van der Waals surface area contributed by atoms with Gasteiger partial charge in [-0.25, -0.2) is 9.37 Å². The van der Waals surface area contributed by atoms with Crippen LogP contribution in [0.5, 0.6) is 5.75 Å². The maximum Gasteiger partial charge on any atom is 0.167 e. The van der Waals surface area contributed by atoms with E-state index in [-0.39, 0.29) is 11.1 Å². The number of alkyl halides is 1. The molecule has 0 aliphatic rings. The molecule has 0 spiro atoms. The Kier molecular flexibility index (Phi) is 4.53. The molecule has 0 fully saturated rings. The summed E-state index contributed by atoms with van der Waals surface area (Å²) in [7, 11) is 1.46. The van der Waals surface area contributed by atoms with Crippen LogP contribution in [0.4, 0.5) is 4.39 Å². The largest absolute Gasteiger partial charge is 0.494 e. The van der Waals surface area contributed by atoms with Crippen LogP contribution >= 0.6 is 11.6 Å². The van der Waals surface area contributed by atoms with Crippen LogP contribution in [-0.2, 0) is 6.54 Å². The maximum absolute atomic E-state index is 13.8. The van der Waals surface area contributed by atoms with Crippen LogP contribution in [-0.4, -0.2) is 16.7 Å². The number of fused-ring (bicyclic) bond motifs is 1. The van der Waals surface area contributed by atoms with Gasteiger partial charge in [-0.1, -0.05) is 20.3 Å². The van der Waals surface area contributed by atoms with E-state index in [4.69, 9.17) is 16.3 Å². The van der Waals surface area contributed by atoms with E-state index in [1.807, 2.05) is 6.92 Å². The molecule has 0 saturated heterocycles. The molecule has 0 saturated carbocycles. The molecule has 0 bridgehead atoms. The average Bonchev–Trinajstić information content (AvgIpc) is 2.75. The van der Waals surface area contributed by atoms with Gasteiger partial charge in [0.25, 0.3) is 0 Å². The number of nitrogens with zero attached hydrogens (tertiary/aromatic N) is 2. The molecule has 1 aromatic heterocycles. The molecule has 0 aliphatic heterocycles. The van der Waals surface area contributed by atoms with Gasteiger partial charge in [-0.3, -0.25) is 0 Å². The summed E-state index contributed by atoms with van der Waals surface area (Å²) in [5.41, 5.74) is 1.49. The van der Waals surface area contributed by atoms with E-state index in [9.17, 15) is 4.39 Å². The van der Waals surface area contributed by atoms with E-state index in [2.05, 4.69) is 23.4 Å². The fraction of sp³-hybridized carbons (Fsp3) is 0.533. The minimum atomic E-state index is -0.401. The summed E-state index contributed by atoms with van der Waals surface area (Å²) in [6.45, 7) is 7.01. The first-order valence-corrected chi connectivity index (χ1v) is 7.29. The molecule has 1 aromatic carbocycles. The zero-order valence-electron chi connectivity index (χ0n) is 12.3. The monoisotopic (exact) mass is 298 g/mol. The Labute approximate surface area is 123 Å². The third-order valence-electron chi connectivity index (χ3n) is 3.60. The van der Waals surface area contributed by atoms with Crippen LogP contribution in [0.25, 0.3) is 11.0 Å². The van der Waals surface area contributed by atoms with Crippen molar-refractivity contribution < 1.29 is 9.13 Å². The van der Waals surface area contributed by atoms with Gasteiger partial charge in [0.1, 0.15) is 5.82 Å². The second-order valence-corrected chi connectivity index (χ2v) is 5.84. The van der Waals surface area contributed by atoms with Crippen molar-refractivity contribution in [2.24, 2.45) is 5.92 Å². The Hall–Kier alpha value is -1.29. The van der Waals surface area contributed by atoms with Crippen molar-refractivity contribution >= 4 is 22.6 Å². The number of hydrogen-bond acceptors (Lipinski definition) is 2. The van der Waals surface area contributed by atoms with Crippen molar-refractivity contribution in [3.05, 3.63) is 23.8 Å². The van der Waals surface area contributed by atoms with Gasteiger partial charge in [0.15, 0.2) is 11.6 Å². The predicted molar refractivity (Wildman–Crippen MR) is 80.0 cm³/mol. The second-order valence-electron chi connectivity index (χ2n) is 5.19. The van der Waals surface area contributed by atoms with Crippen molar-refractivity contribution in [2.75, 3.05) is 7.11 Å². The Morgan fingerprint density at radius 1 is 1.40 bits per heavy atom. The van der Waals surface area contributed by atoms with Gasteiger partial charge in [-0.15, -0.1) is 11.6 Å². The first kappa shape index (κ1) is 15.1. The minimum absolute atomic E-state index is 0.222. The molecule has 0 amide bonds. The summed E-state index contributed by atoms with van der Waals surface area (Å²) in [5.74, 6) is 1.10. The molecular formula is C15H20ClFN2O. The van der Waals surface area contributed by atoms with E-state index in [0.717, 1.165) is 24.3 Å². The average molecular weight is 299 g/mol. The third-order valence-corrected chi connectivity index (χ3v) is 3.79. The van der Waals surface area contributed by atoms with E-state index < -0.39 is 5.82 Å². The number of methoxy groups -OCH3 is 1. The van der Waals surface area contributed by atoms with E-state index >= 15 is 0 Å². The zero-order chi connectivity index (χ0) is 14.9. The summed E-state index contributed by atoms with van der Waals surface area (Å²) in [5, 5.41) is -0.222. The summed E-state index contributed by atoms with van der Waals surface area (Å²) in [4.78, 5) is 4.47. The molecule has 110 valence electrons. The molecule has 1 heterocycles. The van der Waals surface area contributed by atoms with Gasteiger partial charge in [0.05, 0.1) is 23.5 Å². The van der Waals surface area contributed by atoms with Gasteiger partial charge in [-0.05, 0) is 12.8 Å². The SMILES string of the molecule is CCC(C)Cn1c(C(C)Cl)nc2cc(F)c(OC)cc21. The number of aromatic nitrogens is 2. The lowest BCUT2D eigenvalue weighted by molar-refractivity contribution is 0.387. The van der Waals surface area contributed by atoms with E-state index in [0.29, 0.717) is 11.4 Å². The molecule has 0 N–H and O–H groups in total. The zero-order valence-corrected chi connectivity index (χ0v) is 13.0. The standard InChI is InChI=1S/C15H20ClFN2O/c1-5-9(2)8-19-13-7-14(20-4)11(17)6-12(13)18-15(19)10(3)16/h6-7,9-10H,5,8H2,1-4H3. The highest BCUT2D eigenvalue weighted by Gasteiger charge is 2.18. The van der Waals surface area contributed by atoms with Gasteiger partial charge in [0, 0.05) is 18.7 Å². The molecular weight excluding hydrogens is 279 g/mol. The topological polar surface area (TPSA) is 27.1 Å². The molecule has 5 heteroatoms. The number of halogens is 2. The van der Waals surface area contributed by atoms with Gasteiger partial charge >= 0.3 is 0 Å². The number of benzene rings is 1. The van der Waals surface area contributed by atoms with Crippen molar-refractivity contribution in [1.29, 1.82) is 0 Å². The van der Waals surface area contributed by atoms with Gasteiger partial charge in [-0.2, -0.15) is 0 Å². The number of imidazole rings is 1. The summed E-state index contributed by atoms with van der Waals surface area (Å²) in [6.07, 6.45) is 1.06. The first-order chi connectivity index (χ1) is 9.47. The number of hydrogen-bond donors (Lipinski definition) is 0. The number of ether oxygens (including phenoxy) is 1.